The van der Waals surface area contributed by atoms with E-state index in [0.29, 0.717) is 19.0 Å². The molecule has 1 aliphatic rings. The third-order valence-corrected chi connectivity index (χ3v) is 4.14. The standard InChI is InChI=1S/C18H23N3O.2ClH/c1-12-4-7-16-14(10-12)15(11-17(21-16)13-5-6-13)18(22)20-9-3-2-8-19;;/h4,7,10-11,13H,2-3,5-6,8-9,19H2,1H3,(H,20,22);2*1H. The van der Waals surface area contributed by atoms with Gasteiger partial charge in [0.05, 0.1) is 11.1 Å². The van der Waals surface area contributed by atoms with Gasteiger partial charge in [0.1, 0.15) is 0 Å². The SMILES string of the molecule is Cc1ccc2nc(C3CC3)cc(C(=O)NCCCCN)c2c1.Cl.Cl. The first-order chi connectivity index (χ1) is 10.7. The molecule has 0 atom stereocenters. The van der Waals surface area contributed by atoms with Crippen molar-refractivity contribution < 1.29 is 4.79 Å². The fourth-order valence-corrected chi connectivity index (χ4v) is 2.70. The Labute approximate surface area is 155 Å². The summed E-state index contributed by atoms with van der Waals surface area (Å²) < 4.78 is 0. The molecule has 1 heterocycles. The molecule has 6 heteroatoms. The molecular formula is C18H25Cl2N3O. The summed E-state index contributed by atoms with van der Waals surface area (Å²) in [6.45, 7) is 3.38. The highest BCUT2D eigenvalue weighted by Gasteiger charge is 2.26. The first-order valence-electron chi connectivity index (χ1n) is 8.08. The third-order valence-electron chi connectivity index (χ3n) is 4.14. The van der Waals surface area contributed by atoms with Gasteiger partial charge in [-0.25, -0.2) is 0 Å². The maximum absolute atomic E-state index is 12.6. The zero-order valence-corrected chi connectivity index (χ0v) is 15.5. The second-order valence-corrected chi connectivity index (χ2v) is 6.14. The number of halogens is 2. The van der Waals surface area contributed by atoms with E-state index in [0.717, 1.165) is 40.6 Å². The van der Waals surface area contributed by atoms with Crippen LogP contribution >= 0.6 is 24.8 Å². The monoisotopic (exact) mass is 369 g/mol. The molecule has 0 spiro atoms. The van der Waals surface area contributed by atoms with Crippen LogP contribution in [0.2, 0.25) is 0 Å². The van der Waals surface area contributed by atoms with E-state index in [1.165, 1.54) is 12.8 Å². The Hall–Kier alpha value is -1.36. The highest BCUT2D eigenvalue weighted by atomic mass is 35.5. The molecule has 1 aromatic heterocycles. The van der Waals surface area contributed by atoms with Crippen molar-refractivity contribution in [3.8, 4) is 0 Å². The Morgan fingerprint density at radius 2 is 2.00 bits per heavy atom. The summed E-state index contributed by atoms with van der Waals surface area (Å²) >= 11 is 0. The molecule has 1 aliphatic carbocycles. The number of benzene rings is 1. The smallest absolute Gasteiger partial charge is 0.252 e. The van der Waals surface area contributed by atoms with E-state index in [4.69, 9.17) is 10.7 Å². The number of carbonyl (C=O) groups is 1. The van der Waals surface area contributed by atoms with Gasteiger partial charge in [-0.2, -0.15) is 0 Å². The molecular weight excluding hydrogens is 345 g/mol. The van der Waals surface area contributed by atoms with Gasteiger partial charge in [0.2, 0.25) is 0 Å². The second-order valence-electron chi connectivity index (χ2n) is 6.14. The minimum atomic E-state index is -0.00285. The number of pyridine rings is 1. The van der Waals surface area contributed by atoms with Crippen LogP contribution in [0.3, 0.4) is 0 Å². The molecule has 0 radical (unpaired) electrons. The molecule has 0 aliphatic heterocycles. The van der Waals surface area contributed by atoms with Gasteiger partial charge in [0.25, 0.3) is 5.91 Å². The van der Waals surface area contributed by atoms with E-state index < -0.39 is 0 Å². The number of aryl methyl sites for hydroxylation is 1. The second kappa shape index (κ2) is 9.21. The van der Waals surface area contributed by atoms with Crippen LogP contribution in [0.4, 0.5) is 0 Å². The van der Waals surface area contributed by atoms with Crippen LogP contribution < -0.4 is 11.1 Å². The molecule has 3 rings (SSSR count). The summed E-state index contributed by atoms with van der Waals surface area (Å²) in [6, 6.07) is 8.10. The molecule has 132 valence electrons. The number of carbonyl (C=O) groups excluding carboxylic acids is 1. The predicted octanol–water partition coefficient (Wildman–Crippen LogP) is 3.73. The lowest BCUT2D eigenvalue weighted by Gasteiger charge is -2.11. The molecule has 24 heavy (non-hydrogen) atoms. The van der Waals surface area contributed by atoms with Gasteiger partial charge in [0.15, 0.2) is 0 Å². The fraction of sp³-hybridized carbons (Fsp3) is 0.444. The third kappa shape index (κ3) is 4.82. The Balaban J connectivity index is 0.00000144. The van der Waals surface area contributed by atoms with Gasteiger partial charge in [-0.1, -0.05) is 11.6 Å². The van der Waals surface area contributed by atoms with Crippen LogP contribution in [0.15, 0.2) is 24.3 Å². The summed E-state index contributed by atoms with van der Waals surface area (Å²) in [6.07, 6.45) is 4.22. The summed E-state index contributed by atoms with van der Waals surface area (Å²) in [5.41, 5.74) is 9.36. The zero-order chi connectivity index (χ0) is 15.5. The van der Waals surface area contributed by atoms with E-state index in [-0.39, 0.29) is 30.7 Å². The minimum absolute atomic E-state index is 0. The lowest BCUT2D eigenvalue weighted by Crippen LogP contribution is -2.25. The van der Waals surface area contributed by atoms with Crippen LogP contribution in [0, 0.1) is 6.92 Å². The van der Waals surface area contributed by atoms with Crippen LogP contribution in [0.1, 0.15) is 53.2 Å². The molecule has 0 bridgehead atoms. The highest BCUT2D eigenvalue weighted by Crippen LogP contribution is 2.40. The van der Waals surface area contributed by atoms with Crippen molar-refractivity contribution in [1.29, 1.82) is 0 Å². The van der Waals surface area contributed by atoms with E-state index >= 15 is 0 Å². The van der Waals surface area contributed by atoms with E-state index in [1.807, 2.05) is 25.1 Å². The number of hydrogen-bond donors (Lipinski definition) is 2. The zero-order valence-electron chi connectivity index (χ0n) is 13.9. The summed E-state index contributed by atoms with van der Waals surface area (Å²) in [7, 11) is 0. The van der Waals surface area contributed by atoms with E-state index in [2.05, 4.69) is 11.4 Å². The number of rotatable bonds is 6. The van der Waals surface area contributed by atoms with Gasteiger partial charge >= 0.3 is 0 Å². The lowest BCUT2D eigenvalue weighted by atomic mass is 10.0. The maximum atomic E-state index is 12.6. The normalized spacial score (nSPS) is 13.1. The molecule has 0 saturated heterocycles. The molecule has 2 aromatic rings. The summed E-state index contributed by atoms with van der Waals surface area (Å²) in [4.78, 5) is 17.3. The van der Waals surface area contributed by atoms with Crippen LogP contribution in [0.5, 0.6) is 0 Å². The predicted molar refractivity (Wildman–Crippen MR) is 104 cm³/mol. The van der Waals surface area contributed by atoms with Gasteiger partial charge in [0, 0.05) is 23.5 Å². The van der Waals surface area contributed by atoms with Crippen molar-refractivity contribution in [3.05, 3.63) is 41.1 Å². The highest BCUT2D eigenvalue weighted by molar-refractivity contribution is 6.06. The lowest BCUT2D eigenvalue weighted by molar-refractivity contribution is 0.0954. The van der Waals surface area contributed by atoms with Gasteiger partial charge in [-0.3, -0.25) is 9.78 Å². The quantitative estimate of drug-likeness (QED) is 0.762. The van der Waals surface area contributed by atoms with Crippen LogP contribution in [0.25, 0.3) is 10.9 Å². The number of nitrogens with two attached hydrogens (primary N) is 1. The Morgan fingerprint density at radius 3 is 2.67 bits per heavy atom. The largest absolute Gasteiger partial charge is 0.352 e. The van der Waals surface area contributed by atoms with Gasteiger partial charge in [-0.15, -0.1) is 24.8 Å². The van der Waals surface area contributed by atoms with Crippen molar-refractivity contribution in [2.45, 2.75) is 38.5 Å². The summed E-state index contributed by atoms with van der Waals surface area (Å²) in [5.74, 6) is 0.534. The Bertz CT molecular complexity index is 702. The van der Waals surface area contributed by atoms with Crippen molar-refractivity contribution in [2.24, 2.45) is 5.73 Å². The number of nitrogens with one attached hydrogen (secondary N) is 1. The summed E-state index contributed by atoms with van der Waals surface area (Å²) in [5, 5.41) is 3.95. The molecule has 1 amide bonds. The van der Waals surface area contributed by atoms with Crippen LogP contribution in [-0.2, 0) is 0 Å². The molecule has 0 unspecified atom stereocenters. The Morgan fingerprint density at radius 1 is 1.25 bits per heavy atom. The molecule has 4 nitrogen and oxygen atoms in total. The molecule has 3 N–H and O–H groups in total. The molecule has 1 fully saturated rings. The number of unbranched alkanes of at least 4 members (excludes halogenated alkanes) is 1. The molecule has 1 saturated carbocycles. The number of aromatic nitrogens is 1. The Kier molecular flexibility index (Phi) is 7.94. The molecule has 1 aromatic carbocycles. The maximum Gasteiger partial charge on any atom is 0.252 e. The van der Waals surface area contributed by atoms with Crippen molar-refractivity contribution >= 4 is 41.6 Å². The van der Waals surface area contributed by atoms with Gasteiger partial charge in [-0.05, 0) is 57.4 Å². The topological polar surface area (TPSA) is 68.0 Å². The van der Waals surface area contributed by atoms with Crippen molar-refractivity contribution in [3.63, 3.8) is 0 Å². The number of nitrogens with zero attached hydrogens (tertiary/aromatic N) is 1. The number of hydrogen-bond acceptors (Lipinski definition) is 3. The average Bonchev–Trinajstić information content (AvgIpc) is 3.35. The fourth-order valence-electron chi connectivity index (χ4n) is 2.70. The average molecular weight is 370 g/mol. The number of amides is 1. The van der Waals surface area contributed by atoms with Gasteiger partial charge < -0.3 is 11.1 Å². The van der Waals surface area contributed by atoms with Crippen molar-refractivity contribution in [1.82, 2.24) is 10.3 Å². The number of fused-ring (bicyclic) bond motifs is 1. The van der Waals surface area contributed by atoms with E-state index in [1.54, 1.807) is 0 Å². The van der Waals surface area contributed by atoms with Crippen LogP contribution in [-0.4, -0.2) is 24.0 Å². The van der Waals surface area contributed by atoms with E-state index in [9.17, 15) is 4.79 Å². The van der Waals surface area contributed by atoms with Crippen molar-refractivity contribution in [2.75, 3.05) is 13.1 Å². The minimum Gasteiger partial charge on any atom is -0.352 e. The first kappa shape index (κ1) is 20.7. The first-order valence-corrected chi connectivity index (χ1v) is 8.08.